The van der Waals surface area contributed by atoms with Gasteiger partial charge >= 0.3 is 0 Å². The monoisotopic (exact) mass is 428 g/mol. The summed E-state index contributed by atoms with van der Waals surface area (Å²) in [6, 6.07) is 5.60. The molecule has 2 heterocycles. The number of hydrogen-bond donors (Lipinski definition) is 2. The molecule has 0 radical (unpaired) electrons. The molecule has 1 aliphatic rings. The van der Waals surface area contributed by atoms with Crippen molar-refractivity contribution in [2.24, 2.45) is 5.92 Å². The van der Waals surface area contributed by atoms with Crippen LogP contribution in [-0.4, -0.2) is 33.9 Å². The van der Waals surface area contributed by atoms with E-state index in [0.717, 1.165) is 21.2 Å². The van der Waals surface area contributed by atoms with E-state index in [4.69, 9.17) is 4.74 Å². The second kappa shape index (κ2) is 7.02. The number of carbonyl (C=O) groups is 1. The molecule has 30 heavy (non-hydrogen) atoms. The van der Waals surface area contributed by atoms with Gasteiger partial charge in [0.25, 0.3) is 0 Å². The Hall–Kier alpha value is -3.07. The Bertz CT molecular complexity index is 1300. The van der Waals surface area contributed by atoms with E-state index >= 15 is 4.39 Å². The van der Waals surface area contributed by atoms with Crippen LogP contribution in [-0.2, 0) is 4.79 Å². The van der Waals surface area contributed by atoms with Gasteiger partial charge in [-0.3, -0.25) is 9.89 Å². The smallest absolute Gasteiger partial charge is 0.232 e. The van der Waals surface area contributed by atoms with E-state index in [1.54, 1.807) is 20.0 Å². The lowest BCUT2D eigenvalue weighted by atomic mass is 9.96. The highest BCUT2D eigenvalue weighted by Gasteiger charge is 2.43. The molecule has 2 unspecified atom stereocenters. The lowest BCUT2D eigenvalue weighted by Crippen LogP contribution is -2.14. The second-order valence-electron chi connectivity index (χ2n) is 7.28. The molecule has 2 N–H and O–H groups in total. The van der Waals surface area contributed by atoms with Gasteiger partial charge in [0.05, 0.1) is 28.9 Å². The molecule has 1 fully saturated rings. The zero-order valence-corrected chi connectivity index (χ0v) is 17.1. The van der Waals surface area contributed by atoms with Gasteiger partial charge in [0.2, 0.25) is 5.91 Å². The van der Waals surface area contributed by atoms with Crippen molar-refractivity contribution in [2.75, 3.05) is 11.9 Å². The summed E-state index contributed by atoms with van der Waals surface area (Å²) in [7, 11) is 0. The third kappa shape index (κ3) is 3.00. The highest BCUT2D eigenvalue weighted by Crippen LogP contribution is 2.41. The van der Waals surface area contributed by atoms with Crippen molar-refractivity contribution >= 4 is 43.5 Å². The Labute approximate surface area is 174 Å². The average Bonchev–Trinajstić information content (AvgIpc) is 3.11. The Morgan fingerprint density at radius 2 is 2.23 bits per heavy atom. The molecule has 0 spiro atoms. The van der Waals surface area contributed by atoms with Crippen molar-refractivity contribution in [1.82, 2.24) is 15.2 Å². The number of hydrogen-bond acceptors (Lipinski definition) is 5. The molecule has 154 valence electrons. The summed E-state index contributed by atoms with van der Waals surface area (Å²) in [6.45, 7) is 3.86. The van der Waals surface area contributed by atoms with Crippen molar-refractivity contribution in [3.8, 4) is 16.9 Å². The molecule has 2 aromatic heterocycles. The van der Waals surface area contributed by atoms with Gasteiger partial charge < -0.3 is 10.1 Å². The van der Waals surface area contributed by atoms with Gasteiger partial charge in [-0.05, 0) is 49.1 Å². The lowest BCUT2D eigenvalue weighted by molar-refractivity contribution is -0.117. The van der Waals surface area contributed by atoms with E-state index in [-0.39, 0.29) is 18.1 Å². The number of H-pyrrole nitrogens is 1. The molecule has 0 saturated heterocycles. The number of aromatic nitrogens is 3. The third-order valence-electron chi connectivity index (χ3n) is 5.28. The highest BCUT2D eigenvalue weighted by molar-refractivity contribution is 7.22. The first-order chi connectivity index (χ1) is 14.5. The van der Waals surface area contributed by atoms with Crippen LogP contribution in [0.5, 0.6) is 5.75 Å². The standard InChI is InChI=1S/C21H18F2N4O2S/c1-3-29-19-17(23)9(2)16(12-8-24-27-18(12)19)10-4-5-14-15(6-10)30-21(25-14)26-20(28)11-7-13(11)22/h4-6,8,11,13H,3,7H2,1-2H3,(H,24,27)(H,25,26,28). The number of aromatic amines is 1. The number of halogens is 2. The van der Waals surface area contributed by atoms with Gasteiger partial charge in [0.15, 0.2) is 16.7 Å². The zero-order chi connectivity index (χ0) is 21.0. The quantitative estimate of drug-likeness (QED) is 0.470. The maximum absolute atomic E-state index is 15.1. The molecule has 9 heteroatoms. The Morgan fingerprint density at radius 1 is 1.43 bits per heavy atom. The van der Waals surface area contributed by atoms with Gasteiger partial charge in [-0.1, -0.05) is 17.4 Å². The number of nitrogens with one attached hydrogen (secondary N) is 2. The first kappa shape index (κ1) is 18.9. The maximum atomic E-state index is 15.1. The van der Waals surface area contributed by atoms with Crippen molar-refractivity contribution in [3.05, 3.63) is 35.8 Å². The minimum absolute atomic E-state index is 0.168. The summed E-state index contributed by atoms with van der Waals surface area (Å²) in [5, 5.41) is 10.8. The van der Waals surface area contributed by atoms with Crippen molar-refractivity contribution in [1.29, 1.82) is 0 Å². The fraction of sp³-hybridized carbons (Fsp3) is 0.286. The number of ether oxygens (including phenoxy) is 1. The van der Waals surface area contributed by atoms with Crippen molar-refractivity contribution in [2.45, 2.75) is 26.4 Å². The third-order valence-corrected chi connectivity index (χ3v) is 6.22. The van der Waals surface area contributed by atoms with Gasteiger partial charge in [-0.15, -0.1) is 0 Å². The summed E-state index contributed by atoms with van der Waals surface area (Å²) in [4.78, 5) is 16.4. The summed E-state index contributed by atoms with van der Waals surface area (Å²) < 4.78 is 34.5. The molecule has 4 aromatic rings. The molecule has 1 amide bonds. The van der Waals surface area contributed by atoms with Crippen LogP contribution in [0.15, 0.2) is 24.4 Å². The number of carbonyl (C=O) groups excluding carboxylic acids is 1. The number of alkyl halides is 1. The molecule has 1 saturated carbocycles. The van der Waals surface area contributed by atoms with Crippen LogP contribution in [0.2, 0.25) is 0 Å². The number of thiazole rings is 1. The van der Waals surface area contributed by atoms with Crippen LogP contribution in [0.4, 0.5) is 13.9 Å². The Kier molecular flexibility index (Phi) is 4.43. The van der Waals surface area contributed by atoms with Crippen LogP contribution in [0.3, 0.4) is 0 Å². The molecule has 6 nitrogen and oxygen atoms in total. The van der Waals surface area contributed by atoms with Crippen LogP contribution in [0, 0.1) is 18.7 Å². The van der Waals surface area contributed by atoms with E-state index in [2.05, 4.69) is 20.5 Å². The van der Waals surface area contributed by atoms with Crippen LogP contribution in [0.1, 0.15) is 18.9 Å². The lowest BCUT2D eigenvalue weighted by Gasteiger charge is -2.14. The Morgan fingerprint density at radius 3 is 2.97 bits per heavy atom. The predicted octanol–water partition coefficient (Wildman–Crippen LogP) is 4.98. The van der Waals surface area contributed by atoms with Gasteiger partial charge in [-0.25, -0.2) is 13.8 Å². The molecule has 0 bridgehead atoms. The fourth-order valence-corrected chi connectivity index (χ4v) is 4.57. The van der Waals surface area contributed by atoms with Gasteiger partial charge in [-0.2, -0.15) is 5.10 Å². The highest BCUT2D eigenvalue weighted by atomic mass is 32.1. The minimum Gasteiger partial charge on any atom is -0.489 e. The van der Waals surface area contributed by atoms with Crippen LogP contribution in [0.25, 0.3) is 32.2 Å². The van der Waals surface area contributed by atoms with E-state index in [1.807, 2.05) is 18.2 Å². The molecule has 2 aromatic carbocycles. The molecule has 0 aliphatic heterocycles. The minimum atomic E-state index is -1.05. The number of rotatable bonds is 5. The molecular weight excluding hydrogens is 410 g/mol. The largest absolute Gasteiger partial charge is 0.489 e. The summed E-state index contributed by atoms with van der Waals surface area (Å²) in [5.41, 5.74) is 3.21. The van der Waals surface area contributed by atoms with Crippen molar-refractivity contribution in [3.63, 3.8) is 0 Å². The summed E-state index contributed by atoms with van der Waals surface area (Å²) in [6.07, 6.45) is 0.871. The first-order valence-corrected chi connectivity index (χ1v) is 10.4. The zero-order valence-electron chi connectivity index (χ0n) is 16.3. The van der Waals surface area contributed by atoms with E-state index in [0.29, 0.717) is 28.3 Å². The van der Waals surface area contributed by atoms with Gasteiger partial charge in [0.1, 0.15) is 11.7 Å². The number of fused-ring (bicyclic) bond motifs is 2. The number of amides is 1. The van der Waals surface area contributed by atoms with Crippen molar-refractivity contribution < 1.29 is 18.3 Å². The number of anilines is 1. The Balaban J connectivity index is 1.57. The SMILES string of the molecule is CCOc1c(F)c(C)c(-c2ccc3nc(NC(=O)C4CC4F)sc3c2)c2cn[nH]c12. The fourth-order valence-electron chi connectivity index (χ4n) is 3.66. The molecule has 1 aliphatic carbocycles. The van der Waals surface area contributed by atoms with Crippen LogP contribution >= 0.6 is 11.3 Å². The number of benzene rings is 2. The van der Waals surface area contributed by atoms with Gasteiger partial charge in [0, 0.05) is 5.39 Å². The molecular formula is C21H18F2N4O2S. The van der Waals surface area contributed by atoms with E-state index in [9.17, 15) is 9.18 Å². The van der Waals surface area contributed by atoms with E-state index < -0.39 is 17.9 Å². The molecule has 2 atom stereocenters. The summed E-state index contributed by atoms with van der Waals surface area (Å²) >= 11 is 1.30. The average molecular weight is 428 g/mol. The maximum Gasteiger partial charge on any atom is 0.232 e. The van der Waals surface area contributed by atoms with Crippen LogP contribution < -0.4 is 10.1 Å². The molecule has 5 rings (SSSR count). The summed E-state index contributed by atoms with van der Waals surface area (Å²) in [5.74, 6) is -1.17. The number of nitrogens with zero attached hydrogens (tertiary/aromatic N) is 2. The topological polar surface area (TPSA) is 79.9 Å². The first-order valence-electron chi connectivity index (χ1n) is 9.61. The van der Waals surface area contributed by atoms with E-state index in [1.165, 1.54) is 11.3 Å². The second-order valence-corrected chi connectivity index (χ2v) is 8.31. The predicted molar refractivity (Wildman–Crippen MR) is 112 cm³/mol. The normalized spacial score (nSPS) is 18.1.